The fraction of sp³-hybridized carbons (Fsp3) is 0.312. The van der Waals surface area contributed by atoms with Crippen molar-refractivity contribution in [2.24, 2.45) is 0 Å². The maximum absolute atomic E-state index is 12.5. The summed E-state index contributed by atoms with van der Waals surface area (Å²) in [7, 11) is -3.36. The fourth-order valence-corrected chi connectivity index (χ4v) is 4.06. The molecule has 5 nitrogen and oxygen atoms in total. The summed E-state index contributed by atoms with van der Waals surface area (Å²) in [6, 6.07) is 12.6. The van der Waals surface area contributed by atoms with E-state index >= 15 is 0 Å². The Bertz CT molecular complexity index is 697. The Morgan fingerprint density at radius 1 is 0.955 bits per heavy atom. The summed E-state index contributed by atoms with van der Waals surface area (Å²) < 4.78 is 26.7. The van der Waals surface area contributed by atoms with Crippen LogP contribution in [0.4, 0.5) is 0 Å². The Morgan fingerprint density at radius 3 is 2.32 bits per heavy atom. The number of pyridine rings is 1. The van der Waals surface area contributed by atoms with E-state index < -0.39 is 10.0 Å². The molecule has 22 heavy (non-hydrogen) atoms. The third-order valence-electron chi connectivity index (χ3n) is 3.84. The Balaban J connectivity index is 1.62. The number of hydrogen-bond donors (Lipinski definition) is 0. The van der Waals surface area contributed by atoms with Crippen LogP contribution in [0, 0.1) is 0 Å². The van der Waals surface area contributed by atoms with Crippen LogP contribution in [0.1, 0.15) is 5.56 Å². The average Bonchev–Trinajstić information content (AvgIpc) is 2.57. The molecule has 0 saturated carbocycles. The molecule has 0 unspecified atom stereocenters. The maximum atomic E-state index is 12.5. The minimum Gasteiger partial charge on any atom is -0.296 e. The SMILES string of the molecule is O=S(=O)(c1ccccc1)N1CCN(Cc2cccnc2)CC1. The average molecular weight is 317 g/mol. The third-order valence-corrected chi connectivity index (χ3v) is 5.75. The molecule has 0 aliphatic carbocycles. The Hall–Kier alpha value is -1.76. The van der Waals surface area contributed by atoms with E-state index in [1.807, 2.05) is 24.4 Å². The predicted octanol–water partition coefficient (Wildman–Crippen LogP) is 1.59. The zero-order valence-corrected chi connectivity index (χ0v) is 13.1. The van der Waals surface area contributed by atoms with Crippen LogP contribution < -0.4 is 0 Å². The van der Waals surface area contributed by atoms with Gasteiger partial charge in [-0.2, -0.15) is 4.31 Å². The lowest BCUT2D eigenvalue weighted by atomic mass is 10.2. The molecule has 0 N–H and O–H groups in total. The molecule has 1 fully saturated rings. The standard InChI is InChI=1S/C16H19N3O2S/c20-22(21,16-6-2-1-3-7-16)19-11-9-18(10-12-19)14-15-5-4-8-17-13-15/h1-8,13H,9-12,14H2. The van der Waals surface area contributed by atoms with Crippen molar-refractivity contribution in [1.29, 1.82) is 0 Å². The van der Waals surface area contributed by atoms with Gasteiger partial charge in [0.1, 0.15) is 0 Å². The van der Waals surface area contributed by atoms with Crippen LogP contribution in [-0.4, -0.2) is 48.8 Å². The second-order valence-electron chi connectivity index (χ2n) is 5.35. The van der Waals surface area contributed by atoms with Crippen molar-refractivity contribution < 1.29 is 8.42 Å². The first-order valence-corrected chi connectivity index (χ1v) is 8.77. The molecule has 1 saturated heterocycles. The van der Waals surface area contributed by atoms with E-state index in [1.54, 1.807) is 34.8 Å². The number of rotatable bonds is 4. The van der Waals surface area contributed by atoms with Crippen molar-refractivity contribution in [3.8, 4) is 0 Å². The predicted molar refractivity (Wildman–Crippen MR) is 84.7 cm³/mol. The van der Waals surface area contributed by atoms with Crippen LogP contribution in [0.15, 0.2) is 59.8 Å². The summed E-state index contributed by atoms with van der Waals surface area (Å²) in [5.41, 5.74) is 1.15. The molecular formula is C16H19N3O2S. The van der Waals surface area contributed by atoms with E-state index in [2.05, 4.69) is 9.88 Å². The van der Waals surface area contributed by atoms with Crippen LogP contribution in [0.25, 0.3) is 0 Å². The topological polar surface area (TPSA) is 53.5 Å². The molecule has 6 heteroatoms. The highest BCUT2D eigenvalue weighted by atomic mass is 32.2. The summed E-state index contributed by atoms with van der Waals surface area (Å²) >= 11 is 0. The van der Waals surface area contributed by atoms with Crippen LogP contribution in [-0.2, 0) is 16.6 Å². The molecule has 2 aromatic rings. The molecule has 1 aliphatic heterocycles. The van der Waals surface area contributed by atoms with Gasteiger partial charge >= 0.3 is 0 Å². The highest BCUT2D eigenvalue weighted by Crippen LogP contribution is 2.17. The van der Waals surface area contributed by atoms with Crippen molar-refractivity contribution >= 4 is 10.0 Å². The lowest BCUT2D eigenvalue weighted by Crippen LogP contribution is -2.48. The Labute approximate surface area is 131 Å². The van der Waals surface area contributed by atoms with Crippen LogP contribution in [0.3, 0.4) is 0 Å². The van der Waals surface area contributed by atoms with Gasteiger partial charge in [-0.25, -0.2) is 8.42 Å². The van der Waals surface area contributed by atoms with Gasteiger partial charge in [0.2, 0.25) is 10.0 Å². The molecule has 1 aromatic carbocycles. The van der Waals surface area contributed by atoms with Gasteiger partial charge in [-0.1, -0.05) is 24.3 Å². The lowest BCUT2D eigenvalue weighted by molar-refractivity contribution is 0.181. The van der Waals surface area contributed by atoms with Gasteiger partial charge in [-0.15, -0.1) is 0 Å². The number of hydrogen-bond acceptors (Lipinski definition) is 4. The van der Waals surface area contributed by atoms with Gasteiger partial charge in [0, 0.05) is 45.1 Å². The highest BCUT2D eigenvalue weighted by molar-refractivity contribution is 7.89. The minimum absolute atomic E-state index is 0.371. The molecule has 0 atom stereocenters. The fourth-order valence-electron chi connectivity index (χ4n) is 2.62. The molecule has 0 spiro atoms. The van der Waals surface area contributed by atoms with Gasteiger partial charge in [-0.05, 0) is 23.8 Å². The number of aromatic nitrogens is 1. The summed E-state index contributed by atoms with van der Waals surface area (Å²) in [4.78, 5) is 6.74. The monoisotopic (exact) mass is 317 g/mol. The van der Waals surface area contributed by atoms with E-state index in [0.717, 1.165) is 25.2 Å². The van der Waals surface area contributed by atoms with E-state index in [1.165, 1.54) is 0 Å². The lowest BCUT2D eigenvalue weighted by Gasteiger charge is -2.33. The van der Waals surface area contributed by atoms with Crippen molar-refractivity contribution in [3.05, 3.63) is 60.4 Å². The first-order chi connectivity index (χ1) is 10.7. The zero-order chi connectivity index (χ0) is 15.4. The van der Waals surface area contributed by atoms with E-state index in [-0.39, 0.29) is 0 Å². The van der Waals surface area contributed by atoms with Crippen molar-refractivity contribution in [3.63, 3.8) is 0 Å². The first kappa shape index (κ1) is 15.1. The second-order valence-corrected chi connectivity index (χ2v) is 7.29. The molecule has 0 bridgehead atoms. The summed E-state index contributed by atoms with van der Waals surface area (Å²) in [6.45, 7) is 3.34. The van der Waals surface area contributed by atoms with Gasteiger partial charge in [0.25, 0.3) is 0 Å². The Morgan fingerprint density at radius 2 is 1.68 bits per heavy atom. The molecule has 0 amide bonds. The molecule has 0 radical (unpaired) electrons. The molecular weight excluding hydrogens is 298 g/mol. The van der Waals surface area contributed by atoms with Gasteiger partial charge in [-0.3, -0.25) is 9.88 Å². The summed E-state index contributed by atoms with van der Waals surface area (Å²) in [5, 5.41) is 0. The number of benzene rings is 1. The molecule has 2 heterocycles. The number of sulfonamides is 1. The van der Waals surface area contributed by atoms with Gasteiger partial charge in [0.15, 0.2) is 0 Å². The van der Waals surface area contributed by atoms with Crippen molar-refractivity contribution in [1.82, 2.24) is 14.2 Å². The van der Waals surface area contributed by atoms with Crippen molar-refractivity contribution in [2.45, 2.75) is 11.4 Å². The quantitative estimate of drug-likeness (QED) is 0.859. The molecule has 3 rings (SSSR count). The zero-order valence-electron chi connectivity index (χ0n) is 12.3. The number of nitrogens with zero attached hydrogens (tertiary/aromatic N) is 3. The van der Waals surface area contributed by atoms with Crippen LogP contribution in [0.2, 0.25) is 0 Å². The van der Waals surface area contributed by atoms with Crippen LogP contribution in [0.5, 0.6) is 0 Å². The molecule has 1 aliphatic rings. The third kappa shape index (κ3) is 3.35. The second kappa shape index (κ2) is 6.56. The summed E-state index contributed by atoms with van der Waals surface area (Å²) in [5.74, 6) is 0. The normalized spacial score (nSPS) is 17.5. The Kier molecular flexibility index (Phi) is 4.52. The maximum Gasteiger partial charge on any atom is 0.243 e. The minimum atomic E-state index is -3.36. The van der Waals surface area contributed by atoms with Crippen LogP contribution >= 0.6 is 0 Å². The number of piperazine rings is 1. The van der Waals surface area contributed by atoms with Crippen molar-refractivity contribution in [2.75, 3.05) is 26.2 Å². The van der Waals surface area contributed by atoms with E-state index in [4.69, 9.17) is 0 Å². The largest absolute Gasteiger partial charge is 0.296 e. The molecule has 116 valence electrons. The van der Waals surface area contributed by atoms with Gasteiger partial charge in [0.05, 0.1) is 4.90 Å². The van der Waals surface area contributed by atoms with E-state index in [0.29, 0.717) is 18.0 Å². The van der Waals surface area contributed by atoms with E-state index in [9.17, 15) is 8.42 Å². The highest BCUT2D eigenvalue weighted by Gasteiger charge is 2.28. The first-order valence-electron chi connectivity index (χ1n) is 7.33. The van der Waals surface area contributed by atoms with Gasteiger partial charge < -0.3 is 0 Å². The summed E-state index contributed by atoms with van der Waals surface area (Å²) in [6.07, 6.45) is 3.61. The smallest absolute Gasteiger partial charge is 0.243 e. The molecule has 1 aromatic heterocycles.